The van der Waals surface area contributed by atoms with Crippen molar-refractivity contribution in [2.24, 2.45) is 5.73 Å². The molecule has 2 rings (SSSR count). The molecule has 2 aromatic rings. The van der Waals surface area contributed by atoms with Crippen LogP contribution in [0.3, 0.4) is 0 Å². The van der Waals surface area contributed by atoms with Crippen LogP contribution in [0.1, 0.15) is 15.9 Å². The standard InChI is InChI=1S/C14H14BrN3O/c15-10-3-1-9(2-4-10)8-18-11-5-6-13(16)12(7-11)14(17)19/h1-7,18H,8,16H2,(H2,17,19). The van der Waals surface area contributed by atoms with Gasteiger partial charge in [0.05, 0.1) is 5.56 Å². The number of nitrogens with one attached hydrogen (secondary N) is 1. The van der Waals surface area contributed by atoms with Crippen molar-refractivity contribution in [2.75, 3.05) is 11.1 Å². The van der Waals surface area contributed by atoms with Gasteiger partial charge in [-0.25, -0.2) is 0 Å². The van der Waals surface area contributed by atoms with E-state index in [2.05, 4.69) is 21.2 Å². The van der Waals surface area contributed by atoms with Gasteiger partial charge in [-0.3, -0.25) is 4.79 Å². The van der Waals surface area contributed by atoms with E-state index in [0.717, 1.165) is 15.7 Å². The minimum atomic E-state index is -0.523. The van der Waals surface area contributed by atoms with E-state index in [0.29, 0.717) is 17.8 Å². The van der Waals surface area contributed by atoms with Crippen LogP contribution in [0.25, 0.3) is 0 Å². The van der Waals surface area contributed by atoms with Gasteiger partial charge in [0.2, 0.25) is 0 Å². The largest absolute Gasteiger partial charge is 0.398 e. The highest BCUT2D eigenvalue weighted by Crippen LogP contribution is 2.18. The van der Waals surface area contributed by atoms with Gasteiger partial charge in [0.15, 0.2) is 0 Å². The summed E-state index contributed by atoms with van der Waals surface area (Å²) in [4.78, 5) is 11.2. The molecule has 98 valence electrons. The lowest BCUT2D eigenvalue weighted by atomic mass is 10.1. The van der Waals surface area contributed by atoms with Crippen LogP contribution in [-0.2, 0) is 6.54 Å². The predicted octanol–water partition coefficient (Wildman–Crippen LogP) is 2.74. The summed E-state index contributed by atoms with van der Waals surface area (Å²) in [5.74, 6) is -0.523. The Hall–Kier alpha value is -2.01. The Morgan fingerprint density at radius 1 is 1.16 bits per heavy atom. The lowest BCUT2D eigenvalue weighted by Gasteiger charge is -2.09. The highest BCUT2D eigenvalue weighted by molar-refractivity contribution is 9.10. The van der Waals surface area contributed by atoms with Crippen LogP contribution >= 0.6 is 15.9 Å². The van der Waals surface area contributed by atoms with Crippen LogP contribution in [0.15, 0.2) is 46.9 Å². The molecule has 0 fully saturated rings. The SMILES string of the molecule is NC(=O)c1cc(NCc2ccc(Br)cc2)ccc1N. The van der Waals surface area contributed by atoms with Gasteiger partial charge in [-0.15, -0.1) is 0 Å². The third-order valence-electron chi connectivity index (χ3n) is 2.73. The number of hydrogen-bond donors (Lipinski definition) is 3. The molecule has 0 bridgehead atoms. The van der Waals surface area contributed by atoms with Gasteiger partial charge in [0.25, 0.3) is 5.91 Å². The van der Waals surface area contributed by atoms with Gasteiger partial charge in [0.1, 0.15) is 0 Å². The zero-order valence-electron chi connectivity index (χ0n) is 10.2. The van der Waals surface area contributed by atoms with Crippen molar-refractivity contribution in [3.63, 3.8) is 0 Å². The summed E-state index contributed by atoms with van der Waals surface area (Å²) in [6, 6.07) is 13.2. The summed E-state index contributed by atoms with van der Waals surface area (Å²) in [5.41, 5.74) is 13.6. The van der Waals surface area contributed by atoms with Crippen LogP contribution in [-0.4, -0.2) is 5.91 Å². The smallest absolute Gasteiger partial charge is 0.250 e. The second-order valence-corrected chi connectivity index (χ2v) is 5.06. The molecule has 19 heavy (non-hydrogen) atoms. The number of amides is 1. The van der Waals surface area contributed by atoms with E-state index in [1.165, 1.54) is 0 Å². The van der Waals surface area contributed by atoms with Gasteiger partial charge in [-0.05, 0) is 35.9 Å². The number of carbonyl (C=O) groups excluding carboxylic acids is 1. The molecule has 0 unspecified atom stereocenters. The van der Waals surface area contributed by atoms with Crippen molar-refractivity contribution in [3.05, 3.63) is 58.1 Å². The Kier molecular flexibility index (Phi) is 4.06. The number of nitrogens with two attached hydrogens (primary N) is 2. The molecule has 0 aliphatic carbocycles. The van der Waals surface area contributed by atoms with E-state index in [4.69, 9.17) is 11.5 Å². The highest BCUT2D eigenvalue weighted by atomic mass is 79.9. The molecule has 0 radical (unpaired) electrons. The first-order valence-corrected chi connectivity index (χ1v) is 6.53. The van der Waals surface area contributed by atoms with Crippen LogP contribution in [0.2, 0.25) is 0 Å². The van der Waals surface area contributed by atoms with Crippen molar-refractivity contribution < 1.29 is 4.79 Å². The van der Waals surface area contributed by atoms with E-state index in [1.807, 2.05) is 30.3 Å². The fourth-order valence-corrected chi connectivity index (χ4v) is 1.95. The lowest BCUT2D eigenvalue weighted by molar-refractivity contribution is 0.100. The van der Waals surface area contributed by atoms with E-state index >= 15 is 0 Å². The molecule has 0 saturated heterocycles. The molecule has 0 aromatic heterocycles. The Bertz CT molecular complexity index is 596. The first kappa shape index (κ1) is 13.4. The summed E-state index contributed by atoms with van der Waals surface area (Å²) in [5, 5.41) is 3.22. The first-order valence-electron chi connectivity index (χ1n) is 5.74. The average molecular weight is 320 g/mol. The summed E-state index contributed by atoms with van der Waals surface area (Å²) in [6.45, 7) is 0.662. The maximum atomic E-state index is 11.2. The quantitative estimate of drug-likeness (QED) is 0.758. The molecular formula is C14H14BrN3O. The molecule has 4 nitrogen and oxygen atoms in total. The van der Waals surface area contributed by atoms with E-state index in [1.54, 1.807) is 12.1 Å². The van der Waals surface area contributed by atoms with Crippen molar-refractivity contribution in [2.45, 2.75) is 6.54 Å². The Labute approximate surface area is 119 Å². The molecule has 1 amide bonds. The average Bonchev–Trinajstić information content (AvgIpc) is 2.39. The monoisotopic (exact) mass is 319 g/mol. The topological polar surface area (TPSA) is 81.1 Å². The number of benzene rings is 2. The minimum Gasteiger partial charge on any atom is -0.398 e. The van der Waals surface area contributed by atoms with Crippen molar-refractivity contribution in [1.82, 2.24) is 0 Å². The van der Waals surface area contributed by atoms with Crippen LogP contribution in [0.5, 0.6) is 0 Å². The molecule has 0 atom stereocenters. The number of halogens is 1. The van der Waals surface area contributed by atoms with Crippen molar-refractivity contribution in [1.29, 1.82) is 0 Å². The number of anilines is 2. The van der Waals surface area contributed by atoms with Crippen LogP contribution < -0.4 is 16.8 Å². The molecular weight excluding hydrogens is 306 g/mol. The van der Waals surface area contributed by atoms with E-state index in [-0.39, 0.29) is 0 Å². The van der Waals surface area contributed by atoms with Gasteiger partial charge < -0.3 is 16.8 Å². The summed E-state index contributed by atoms with van der Waals surface area (Å²) in [6.07, 6.45) is 0. The number of nitrogen functional groups attached to an aromatic ring is 1. The molecule has 0 aliphatic rings. The third kappa shape index (κ3) is 3.48. The first-order chi connectivity index (χ1) is 9.06. The number of carbonyl (C=O) groups is 1. The van der Waals surface area contributed by atoms with Crippen molar-refractivity contribution >= 4 is 33.2 Å². The normalized spacial score (nSPS) is 10.2. The molecule has 0 heterocycles. The molecule has 0 saturated carbocycles. The number of hydrogen-bond acceptors (Lipinski definition) is 3. The fourth-order valence-electron chi connectivity index (χ4n) is 1.69. The number of primary amides is 1. The summed E-state index contributed by atoms with van der Waals surface area (Å²) in [7, 11) is 0. The summed E-state index contributed by atoms with van der Waals surface area (Å²) < 4.78 is 1.04. The Balaban J connectivity index is 2.09. The predicted molar refractivity (Wildman–Crippen MR) is 80.8 cm³/mol. The molecule has 0 spiro atoms. The van der Waals surface area contributed by atoms with Gasteiger partial charge in [-0.1, -0.05) is 28.1 Å². The van der Waals surface area contributed by atoms with Gasteiger partial charge >= 0.3 is 0 Å². The molecule has 5 N–H and O–H groups in total. The maximum absolute atomic E-state index is 11.2. The molecule has 0 aliphatic heterocycles. The second-order valence-electron chi connectivity index (χ2n) is 4.15. The van der Waals surface area contributed by atoms with Crippen LogP contribution in [0, 0.1) is 0 Å². The number of rotatable bonds is 4. The van der Waals surface area contributed by atoms with Gasteiger partial charge in [0, 0.05) is 22.4 Å². The van der Waals surface area contributed by atoms with E-state index in [9.17, 15) is 4.79 Å². The molecule has 2 aromatic carbocycles. The Morgan fingerprint density at radius 2 is 1.84 bits per heavy atom. The van der Waals surface area contributed by atoms with Crippen LogP contribution in [0.4, 0.5) is 11.4 Å². The maximum Gasteiger partial charge on any atom is 0.250 e. The zero-order valence-corrected chi connectivity index (χ0v) is 11.8. The van der Waals surface area contributed by atoms with E-state index < -0.39 is 5.91 Å². The zero-order chi connectivity index (χ0) is 13.8. The minimum absolute atomic E-state index is 0.334. The lowest BCUT2D eigenvalue weighted by Crippen LogP contribution is -2.14. The molecule has 5 heteroatoms. The van der Waals surface area contributed by atoms with Crippen molar-refractivity contribution in [3.8, 4) is 0 Å². The third-order valence-corrected chi connectivity index (χ3v) is 3.26. The highest BCUT2D eigenvalue weighted by Gasteiger charge is 2.06. The fraction of sp³-hybridized carbons (Fsp3) is 0.0714. The second kappa shape index (κ2) is 5.75. The summed E-state index contributed by atoms with van der Waals surface area (Å²) >= 11 is 3.39. The Morgan fingerprint density at radius 3 is 2.47 bits per heavy atom. The van der Waals surface area contributed by atoms with Gasteiger partial charge in [-0.2, -0.15) is 0 Å².